The lowest BCUT2D eigenvalue weighted by Crippen LogP contribution is -2.46. The Bertz CT molecular complexity index is 1300. The smallest absolute Gasteiger partial charge is 0.173 e. The maximum Gasteiger partial charge on any atom is 0.173 e. The van der Waals surface area contributed by atoms with E-state index >= 15 is 0 Å². The maximum atomic E-state index is 5.93. The van der Waals surface area contributed by atoms with Gasteiger partial charge in [-0.05, 0) is 31.2 Å². The van der Waals surface area contributed by atoms with E-state index in [0.717, 1.165) is 24.0 Å². The first-order valence-corrected chi connectivity index (χ1v) is 10.6. The number of hydrogen-bond acceptors (Lipinski definition) is 9. The second-order valence-corrected chi connectivity index (χ2v) is 7.51. The van der Waals surface area contributed by atoms with Crippen molar-refractivity contribution in [3.8, 4) is 5.82 Å². The quantitative estimate of drug-likeness (QED) is 0.276. The molecule has 33 heavy (non-hydrogen) atoms. The van der Waals surface area contributed by atoms with Gasteiger partial charge in [0.25, 0.3) is 0 Å². The van der Waals surface area contributed by atoms with Crippen molar-refractivity contribution in [2.24, 2.45) is 10.7 Å². The fraction of sp³-hybridized carbons (Fsp3) is 0.227. The molecule has 1 aliphatic rings. The van der Waals surface area contributed by atoms with E-state index in [2.05, 4.69) is 35.8 Å². The SMILES string of the molecule is CN=C(/C(=C/N)OC[C@H]1CCN1)c1ccn2nc(Nc3cncc(-n4cccn4)n3)cc2c1. The lowest BCUT2D eigenvalue weighted by Gasteiger charge is -2.28. The van der Waals surface area contributed by atoms with Gasteiger partial charge in [-0.15, -0.1) is 0 Å². The lowest BCUT2D eigenvalue weighted by atomic mass is 10.1. The molecule has 0 amide bonds. The van der Waals surface area contributed by atoms with Crippen LogP contribution in [-0.2, 0) is 4.74 Å². The van der Waals surface area contributed by atoms with Gasteiger partial charge in [-0.1, -0.05) is 0 Å². The zero-order chi connectivity index (χ0) is 22.6. The number of rotatable bonds is 8. The molecule has 5 rings (SSSR count). The van der Waals surface area contributed by atoms with E-state index in [9.17, 15) is 0 Å². The van der Waals surface area contributed by atoms with Crippen LogP contribution in [0.5, 0.6) is 0 Å². The molecule has 0 saturated carbocycles. The average Bonchev–Trinajstić information content (AvgIpc) is 3.47. The van der Waals surface area contributed by atoms with E-state index in [1.807, 2.05) is 36.7 Å². The van der Waals surface area contributed by atoms with E-state index in [1.54, 1.807) is 34.8 Å². The summed E-state index contributed by atoms with van der Waals surface area (Å²) in [6, 6.07) is 8.03. The van der Waals surface area contributed by atoms with Gasteiger partial charge < -0.3 is 21.1 Å². The molecule has 11 nitrogen and oxygen atoms in total. The Balaban J connectivity index is 1.35. The molecule has 0 spiro atoms. The fourth-order valence-electron chi connectivity index (χ4n) is 3.52. The minimum atomic E-state index is 0.360. The number of anilines is 2. The van der Waals surface area contributed by atoms with Gasteiger partial charge in [0, 0.05) is 49.5 Å². The molecule has 5 heterocycles. The van der Waals surface area contributed by atoms with Crippen molar-refractivity contribution in [2.75, 3.05) is 25.5 Å². The Morgan fingerprint density at radius 1 is 1.33 bits per heavy atom. The van der Waals surface area contributed by atoms with Gasteiger partial charge in [0.15, 0.2) is 23.2 Å². The molecule has 1 aliphatic heterocycles. The molecule has 1 atom stereocenters. The van der Waals surface area contributed by atoms with Gasteiger partial charge in [0.2, 0.25) is 0 Å². The molecule has 168 valence electrons. The van der Waals surface area contributed by atoms with Gasteiger partial charge in [0.1, 0.15) is 12.3 Å². The van der Waals surface area contributed by atoms with E-state index in [0.29, 0.717) is 41.6 Å². The number of ether oxygens (including phenoxy) is 1. The van der Waals surface area contributed by atoms with E-state index < -0.39 is 0 Å². The first-order chi connectivity index (χ1) is 16.2. The number of nitrogens with zero attached hydrogens (tertiary/aromatic N) is 7. The molecule has 0 aromatic carbocycles. The fourth-order valence-corrected chi connectivity index (χ4v) is 3.52. The van der Waals surface area contributed by atoms with Crippen LogP contribution in [0, 0.1) is 0 Å². The van der Waals surface area contributed by atoms with Crippen molar-refractivity contribution >= 4 is 22.9 Å². The number of allylic oxidation sites excluding steroid dienone is 1. The largest absolute Gasteiger partial charge is 0.488 e. The normalized spacial score (nSPS) is 16.6. The highest BCUT2D eigenvalue weighted by Crippen LogP contribution is 2.19. The molecule has 1 saturated heterocycles. The molecule has 4 aromatic heterocycles. The maximum absolute atomic E-state index is 5.93. The summed E-state index contributed by atoms with van der Waals surface area (Å²) in [4.78, 5) is 13.2. The molecule has 0 radical (unpaired) electrons. The van der Waals surface area contributed by atoms with E-state index in [1.165, 1.54) is 6.20 Å². The summed E-state index contributed by atoms with van der Waals surface area (Å²) in [5, 5.41) is 15.3. The number of pyridine rings is 1. The van der Waals surface area contributed by atoms with Gasteiger partial charge in [-0.2, -0.15) is 10.2 Å². The molecule has 4 N–H and O–H groups in total. The van der Waals surface area contributed by atoms with Gasteiger partial charge >= 0.3 is 0 Å². The summed E-state index contributed by atoms with van der Waals surface area (Å²) >= 11 is 0. The summed E-state index contributed by atoms with van der Waals surface area (Å²) < 4.78 is 9.34. The summed E-state index contributed by atoms with van der Waals surface area (Å²) in [6.45, 7) is 1.58. The van der Waals surface area contributed by atoms with Crippen LogP contribution in [0.3, 0.4) is 0 Å². The van der Waals surface area contributed by atoms with Crippen LogP contribution < -0.4 is 16.4 Å². The Labute approximate surface area is 190 Å². The first-order valence-electron chi connectivity index (χ1n) is 10.6. The number of hydrogen-bond donors (Lipinski definition) is 3. The lowest BCUT2D eigenvalue weighted by molar-refractivity contribution is 0.162. The van der Waals surface area contributed by atoms with Crippen LogP contribution in [-0.4, -0.2) is 61.3 Å². The van der Waals surface area contributed by atoms with E-state index in [-0.39, 0.29) is 0 Å². The summed E-state index contributed by atoms with van der Waals surface area (Å²) in [5.74, 6) is 2.36. The minimum Gasteiger partial charge on any atom is -0.488 e. The summed E-state index contributed by atoms with van der Waals surface area (Å²) in [6.07, 6.45) is 11.2. The minimum absolute atomic E-state index is 0.360. The molecule has 11 heteroatoms. The second-order valence-electron chi connectivity index (χ2n) is 7.51. The predicted octanol–water partition coefficient (Wildman–Crippen LogP) is 1.65. The summed E-state index contributed by atoms with van der Waals surface area (Å²) in [5.41, 5.74) is 8.30. The third-order valence-corrected chi connectivity index (χ3v) is 5.33. The topological polar surface area (TPSA) is 133 Å². The highest BCUT2D eigenvalue weighted by atomic mass is 16.5. The molecule has 4 aromatic rings. The second kappa shape index (κ2) is 9.09. The van der Waals surface area contributed by atoms with Crippen LogP contribution in [0.25, 0.3) is 11.3 Å². The van der Waals surface area contributed by atoms with Crippen molar-refractivity contribution in [3.63, 3.8) is 0 Å². The van der Waals surface area contributed by atoms with E-state index in [4.69, 9.17) is 10.5 Å². The number of nitrogens with one attached hydrogen (secondary N) is 2. The van der Waals surface area contributed by atoms with Crippen molar-refractivity contribution in [1.29, 1.82) is 0 Å². The number of aliphatic imine (C=N–C) groups is 1. The van der Waals surface area contributed by atoms with Crippen LogP contribution in [0.15, 0.2) is 72.2 Å². The average molecular weight is 445 g/mol. The molecule has 0 aliphatic carbocycles. The molecule has 0 unspecified atom stereocenters. The third kappa shape index (κ3) is 4.39. The van der Waals surface area contributed by atoms with Crippen molar-refractivity contribution < 1.29 is 4.74 Å². The zero-order valence-corrected chi connectivity index (χ0v) is 18.1. The Morgan fingerprint density at radius 3 is 2.97 bits per heavy atom. The van der Waals surface area contributed by atoms with Gasteiger partial charge in [-0.3, -0.25) is 9.98 Å². The standard InChI is InChI=1S/C22H24N10O/c1-24-22(18(11-23)33-14-16-3-6-26-16)15-4-8-31-17(9-15)10-19(30-31)28-20-12-25-13-21(29-20)32-7-2-5-27-32/h2,4-5,7-13,16,26H,3,6,14,23H2,1H3,(H,28,29,30)/b18-11-,24-22?/t16-/m1/s1. The third-order valence-electron chi connectivity index (χ3n) is 5.33. The predicted molar refractivity (Wildman–Crippen MR) is 125 cm³/mol. The van der Waals surface area contributed by atoms with Crippen molar-refractivity contribution in [3.05, 3.63) is 72.8 Å². The zero-order valence-electron chi connectivity index (χ0n) is 18.1. The van der Waals surface area contributed by atoms with Crippen molar-refractivity contribution in [1.82, 2.24) is 34.7 Å². The first kappa shape index (κ1) is 20.6. The number of fused-ring (bicyclic) bond motifs is 1. The Kier molecular flexibility index (Phi) is 5.68. The molecule has 0 bridgehead atoms. The van der Waals surface area contributed by atoms with Crippen LogP contribution in [0.4, 0.5) is 11.6 Å². The van der Waals surface area contributed by atoms with Gasteiger partial charge in [0.05, 0.1) is 17.9 Å². The molecule has 1 fully saturated rings. The number of aromatic nitrogens is 6. The monoisotopic (exact) mass is 444 g/mol. The summed E-state index contributed by atoms with van der Waals surface area (Å²) in [7, 11) is 1.72. The number of nitrogens with two attached hydrogens (primary N) is 1. The molecular weight excluding hydrogens is 420 g/mol. The van der Waals surface area contributed by atoms with Crippen molar-refractivity contribution in [2.45, 2.75) is 12.5 Å². The highest BCUT2D eigenvalue weighted by molar-refractivity contribution is 6.11. The Hall–Kier alpha value is -4.25. The Morgan fingerprint density at radius 2 is 2.24 bits per heavy atom. The molecular formula is C22H24N10O. The van der Waals surface area contributed by atoms with Gasteiger partial charge in [-0.25, -0.2) is 14.2 Å². The van der Waals surface area contributed by atoms with Crippen LogP contribution >= 0.6 is 0 Å². The van der Waals surface area contributed by atoms with Crippen LogP contribution in [0.2, 0.25) is 0 Å². The highest BCUT2D eigenvalue weighted by Gasteiger charge is 2.19. The van der Waals surface area contributed by atoms with Crippen LogP contribution in [0.1, 0.15) is 12.0 Å².